The molecule has 1 heterocycles. The van der Waals surface area contributed by atoms with Crippen LogP contribution in [0.15, 0.2) is 0 Å². The predicted molar refractivity (Wildman–Crippen MR) is 79.4 cm³/mol. The number of anilines is 2. The van der Waals surface area contributed by atoms with Crippen molar-refractivity contribution in [2.45, 2.75) is 51.8 Å². The van der Waals surface area contributed by atoms with Crippen molar-refractivity contribution in [1.29, 1.82) is 0 Å². The van der Waals surface area contributed by atoms with Gasteiger partial charge in [-0.1, -0.05) is 0 Å². The first-order chi connectivity index (χ1) is 9.97. The number of hydrogen-bond acceptors (Lipinski definition) is 7. The van der Waals surface area contributed by atoms with Crippen LogP contribution in [0.1, 0.15) is 33.6 Å². The van der Waals surface area contributed by atoms with Crippen molar-refractivity contribution in [3.8, 4) is 6.01 Å². The Hall–Kier alpha value is -2.12. The maximum atomic E-state index is 11.9. The van der Waals surface area contributed by atoms with Gasteiger partial charge < -0.3 is 20.7 Å². The molecule has 0 radical (unpaired) electrons. The first-order valence-electron chi connectivity index (χ1n) is 7.15. The Morgan fingerprint density at radius 3 is 2.43 bits per heavy atom. The summed E-state index contributed by atoms with van der Waals surface area (Å²) in [7, 11) is 1.71. The SMILES string of the molecule is CNc1nc(NC(C)C(=O)NC2CC2)nc(OC(C)C)n1. The Kier molecular flexibility index (Phi) is 4.77. The molecule has 0 saturated heterocycles. The second-order valence-electron chi connectivity index (χ2n) is 5.33. The van der Waals surface area contributed by atoms with Gasteiger partial charge in [-0.25, -0.2) is 0 Å². The van der Waals surface area contributed by atoms with Gasteiger partial charge in [-0.15, -0.1) is 0 Å². The molecule has 0 aromatic carbocycles. The number of carbonyl (C=O) groups excluding carboxylic acids is 1. The van der Waals surface area contributed by atoms with Gasteiger partial charge in [0.05, 0.1) is 6.10 Å². The maximum absolute atomic E-state index is 11.9. The standard InChI is InChI=1S/C13H22N6O2/c1-7(2)21-13-18-11(14-4)17-12(19-13)15-8(3)10(20)16-9-5-6-9/h7-9H,5-6H2,1-4H3,(H,16,20)(H2,14,15,17,18,19). The molecule has 1 aliphatic rings. The molecule has 8 nitrogen and oxygen atoms in total. The van der Waals surface area contributed by atoms with Gasteiger partial charge in [0.2, 0.25) is 17.8 Å². The summed E-state index contributed by atoms with van der Waals surface area (Å²) in [6, 6.07) is 0.124. The number of carbonyl (C=O) groups is 1. The molecule has 116 valence electrons. The lowest BCUT2D eigenvalue weighted by Gasteiger charge is -2.15. The summed E-state index contributed by atoms with van der Waals surface area (Å²) >= 11 is 0. The van der Waals surface area contributed by atoms with Crippen LogP contribution < -0.4 is 20.7 Å². The van der Waals surface area contributed by atoms with Gasteiger partial charge in [-0.2, -0.15) is 15.0 Å². The summed E-state index contributed by atoms with van der Waals surface area (Å²) in [5.41, 5.74) is 0. The third kappa shape index (κ3) is 4.73. The molecule has 1 aromatic heterocycles. The van der Waals surface area contributed by atoms with Crippen LogP contribution in [-0.2, 0) is 4.79 Å². The van der Waals surface area contributed by atoms with Crippen LogP contribution in [0.3, 0.4) is 0 Å². The van der Waals surface area contributed by atoms with Gasteiger partial charge in [0.1, 0.15) is 6.04 Å². The van der Waals surface area contributed by atoms with Crippen LogP contribution in [0.25, 0.3) is 0 Å². The molecule has 2 rings (SSSR count). The first kappa shape index (κ1) is 15.3. The van der Waals surface area contributed by atoms with E-state index in [0.717, 1.165) is 12.8 Å². The minimum atomic E-state index is -0.426. The number of hydrogen-bond donors (Lipinski definition) is 3. The van der Waals surface area contributed by atoms with E-state index in [9.17, 15) is 4.79 Å². The van der Waals surface area contributed by atoms with Crippen molar-refractivity contribution >= 4 is 17.8 Å². The van der Waals surface area contributed by atoms with Gasteiger partial charge >= 0.3 is 6.01 Å². The number of amides is 1. The number of aromatic nitrogens is 3. The average molecular weight is 294 g/mol. The molecule has 1 saturated carbocycles. The monoisotopic (exact) mass is 294 g/mol. The van der Waals surface area contributed by atoms with Crippen LogP contribution in [0, 0.1) is 0 Å². The molecule has 0 spiro atoms. The zero-order valence-electron chi connectivity index (χ0n) is 12.8. The van der Waals surface area contributed by atoms with Crippen molar-refractivity contribution in [3.05, 3.63) is 0 Å². The molecule has 0 aliphatic heterocycles. The van der Waals surface area contributed by atoms with E-state index < -0.39 is 6.04 Å². The zero-order chi connectivity index (χ0) is 15.4. The number of nitrogens with zero attached hydrogens (tertiary/aromatic N) is 3. The lowest BCUT2D eigenvalue weighted by molar-refractivity contribution is -0.121. The number of nitrogens with one attached hydrogen (secondary N) is 3. The predicted octanol–water partition coefficient (Wildman–Crippen LogP) is 0.779. The summed E-state index contributed by atoms with van der Waals surface area (Å²) in [4.78, 5) is 24.4. The second kappa shape index (κ2) is 6.55. The van der Waals surface area contributed by atoms with Gasteiger partial charge in [-0.05, 0) is 33.6 Å². The molecule has 1 aromatic rings. The molecule has 1 fully saturated rings. The van der Waals surface area contributed by atoms with Crippen LogP contribution in [0.2, 0.25) is 0 Å². The van der Waals surface area contributed by atoms with Gasteiger partial charge in [0, 0.05) is 13.1 Å². The van der Waals surface area contributed by atoms with E-state index in [1.54, 1.807) is 14.0 Å². The Morgan fingerprint density at radius 1 is 1.19 bits per heavy atom. The van der Waals surface area contributed by atoms with Crippen molar-refractivity contribution in [2.75, 3.05) is 17.7 Å². The Balaban J connectivity index is 2.04. The van der Waals surface area contributed by atoms with Crippen LogP contribution in [0.4, 0.5) is 11.9 Å². The highest BCUT2D eigenvalue weighted by Crippen LogP contribution is 2.19. The molecular formula is C13H22N6O2. The number of ether oxygens (including phenoxy) is 1. The van der Waals surface area contributed by atoms with E-state index in [-0.39, 0.29) is 18.0 Å². The van der Waals surface area contributed by atoms with Gasteiger partial charge in [0.15, 0.2) is 0 Å². The molecule has 1 unspecified atom stereocenters. The quantitative estimate of drug-likeness (QED) is 0.683. The third-order valence-electron chi connectivity index (χ3n) is 2.84. The fourth-order valence-corrected chi connectivity index (χ4v) is 1.61. The van der Waals surface area contributed by atoms with E-state index in [1.807, 2.05) is 13.8 Å². The van der Waals surface area contributed by atoms with Crippen molar-refractivity contribution < 1.29 is 9.53 Å². The van der Waals surface area contributed by atoms with E-state index in [4.69, 9.17) is 4.74 Å². The minimum absolute atomic E-state index is 0.0412. The van der Waals surface area contributed by atoms with E-state index in [2.05, 4.69) is 30.9 Å². The topological polar surface area (TPSA) is 101 Å². The molecule has 1 atom stereocenters. The van der Waals surface area contributed by atoms with Crippen molar-refractivity contribution in [3.63, 3.8) is 0 Å². The fraction of sp³-hybridized carbons (Fsp3) is 0.692. The molecule has 8 heteroatoms. The molecule has 21 heavy (non-hydrogen) atoms. The lowest BCUT2D eigenvalue weighted by atomic mass is 10.3. The molecule has 0 bridgehead atoms. The zero-order valence-corrected chi connectivity index (χ0v) is 12.8. The smallest absolute Gasteiger partial charge is 0.323 e. The van der Waals surface area contributed by atoms with Crippen LogP contribution in [0.5, 0.6) is 6.01 Å². The van der Waals surface area contributed by atoms with Gasteiger partial charge in [0.25, 0.3) is 0 Å². The normalized spacial score (nSPS) is 15.5. The highest BCUT2D eigenvalue weighted by Gasteiger charge is 2.26. The maximum Gasteiger partial charge on any atom is 0.323 e. The largest absolute Gasteiger partial charge is 0.461 e. The van der Waals surface area contributed by atoms with Crippen molar-refractivity contribution in [2.24, 2.45) is 0 Å². The summed E-state index contributed by atoms with van der Waals surface area (Å²) in [5, 5.41) is 8.74. The molecule has 3 N–H and O–H groups in total. The molecular weight excluding hydrogens is 272 g/mol. The Bertz CT molecular complexity index is 503. The van der Waals surface area contributed by atoms with Gasteiger partial charge in [-0.3, -0.25) is 4.79 Å². The summed E-state index contributed by atoms with van der Waals surface area (Å²) in [6.45, 7) is 5.55. The van der Waals surface area contributed by atoms with Crippen LogP contribution in [-0.4, -0.2) is 46.1 Å². The molecule has 1 aliphatic carbocycles. The second-order valence-corrected chi connectivity index (χ2v) is 5.33. The Morgan fingerprint density at radius 2 is 1.86 bits per heavy atom. The number of rotatable bonds is 7. The first-order valence-corrected chi connectivity index (χ1v) is 7.15. The summed E-state index contributed by atoms with van der Waals surface area (Å²) in [6.07, 6.45) is 2.07. The highest BCUT2D eigenvalue weighted by molar-refractivity contribution is 5.84. The Labute approximate surface area is 124 Å². The molecule has 1 amide bonds. The van der Waals surface area contributed by atoms with E-state index in [1.165, 1.54) is 0 Å². The average Bonchev–Trinajstić information content (AvgIpc) is 3.21. The van der Waals surface area contributed by atoms with E-state index in [0.29, 0.717) is 17.9 Å². The third-order valence-corrected chi connectivity index (χ3v) is 2.84. The summed E-state index contributed by atoms with van der Waals surface area (Å²) < 4.78 is 5.47. The highest BCUT2D eigenvalue weighted by atomic mass is 16.5. The fourth-order valence-electron chi connectivity index (χ4n) is 1.61. The lowest BCUT2D eigenvalue weighted by Crippen LogP contribution is -2.39. The minimum Gasteiger partial charge on any atom is -0.461 e. The van der Waals surface area contributed by atoms with Crippen LogP contribution >= 0.6 is 0 Å². The summed E-state index contributed by atoms with van der Waals surface area (Å²) in [5.74, 6) is 0.636. The van der Waals surface area contributed by atoms with E-state index >= 15 is 0 Å². The van der Waals surface area contributed by atoms with Crippen molar-refractivity contribution in [1.82, 2.24) is 20.3 Å².